The molecule has 0 aliphatic heterocycles. The SMILES string of the molecule is O=C(COc1ccc(Cl)c(Cl)c1)CC12CC(NC(=O)COc3ccc(Cl)c(Cl)c3)(C1)C2. The van der Waals surface area contributed by atoms with Crippen LogP contribution in [0.3, 0.4) is 0 Å². The van der Waals surface area contributed by atoms with E-state index in [1.165, 1.54) is 0 Å². The standard InChI is InChI=1S/C22H19Cl4NO4/c23-16-3-1-14(5-18(16)25)30-8-13(28)7-21-10-22(11-21,12-21)27-20(29)9-31-15-2-4-17(24)19(26)6-15/h1-6H,7-12H2,(H,27,29). The first-order valence-electron chi connectivity index (χ1n) is 9.66. The van der Waals surface area contributed by atoms with E-state index >= 15 is 0 Å². The zero-order valence-electron chi connectivity index (χ0n) is 16.4. The molecule has 0 unspecified atom stereocenters. The summed E-state index contributed by atoms with van der Waals surface area (Å²) >= 11 is 23.6. The number of ether oxygens (including phenoxy) is 2. The third-order valence-corrected chi connectivity index (χ3v) is 7.15. The number of amides is 1. The normalized spacial score (nSPS) is 23.4. The number of carbonyl (C=O) groups is 2. The third-order valence-electron chi connectivity index (χ3n) is 5.67. The molecule has 3 aliphatic rings. The van der Waals surface area contributed by atoms with Crippen LogP contribution in [0.5, 0.6) is 11.5 Å². The molecule has 0 radical (unpaired) electrons. The molecule has 3 aliphatic carbocycles. The summed E-state index contributed by atoms with van der Waals surface area (Å²) in [5, 5.41) is 4.64. The van der Waals surface area contributed by atoms with Gasteiger partial charge in [-0.25, -0.2) is 0 Å². The molecule has 2 aromatic carbocycles. The molecule has 31 heavy (non-hydrogen) atoms. The molecular formula is C22H19Cl4NO4. The monoisotopic (exact) mass is 501 g/mol. The van der Waals surface area contributed by atoms with Crippen molar-refractivity contribution >= 4 is 58.1 Å². The maximum Gasteiger partial charge on any atom is 0.258 e. The summed E-state index contributed by atoms with van der Waals surface area (Å²) in [5.74, 6) is 0.805. The molecule has 0 aromatic heterocycles. The van der Waals surface area contributed by atoms with E-state index in [0.717, 1.165) is 19.3 Å². The van der Waals surface area contributed by atoms with Crippen LogP contribution in [-0.4, -0.2) is 30.4 Å². The van der Waals surface area contributed by atoms with Gasteiger partial charge in [-0.3, -0.25) is 9.59 Å². The van der Waals surface area contributed by atoms with Gasteiger partial charge in [-0.05, 0) is 48.9 Å². The van der Waals surface area contributed by atoms with E-state index in [9.17, 15) is 9.59 Å². The molecule has 5 rings (SSSR count). The summed E-state index contributed by atoms with van der Waals surface area (Å²) in [6, 6.07) is 9.73. The largest absolute Gasteiger partial charge is 0.486 e. The van der Waals surface area contributed by atoms with Gasteiger partial charge in [0.05, 0.1) is 20.1 Å². The number of benzene rings is 2. The molecule has 164 valence electrons. The van der Waals surface area contributed by atoms with E-state index in [1.54, 1.807) is 36.4 Å². The number of rotatable bonds is 9. The Morgan fingerprint density at radius 3 is 1.84 bits per heavy atom. The van der Waals surface area contributed by atoms with Crippen molar-refractivity contribution in [3.05, 3.63) is 56.5 Å². The molecule has 3 saturated carbocycles. The first-order chi connectivity index (χ1) is 14.7. The van der Waals surface area contributed by atoms with Crippen LogP contribution in [-0.2, 0) is 9.59 Å². The van der Waals surface area contributed by atoms with E-state index in [2.05, 4.69) is 5.32 Å². The van der Waals surface area contributed by atoms with E-state index in [4.69, 9.17) is 55.9 Å². The number of nitrogens with one attached hydrogen (secondary N) is 1. The highest BCUT2D eigenvalue weighted by Gasteiger charge is 2.68. The number of halogens is 4. The minimum absolute atomic E-state index is 0.0173. The van der Waals surface area contributed by atoms with Gasteiger partial charge in [0, 0.05) is 24.1 Å². The second-order valence-electron chi connectivity index (χ2n) is 8.30. The fourth-order valence-electron chi connectivity index (χ4n) is 4.57. The van der Waals surface area contributed by atoms with Crippen molar-refractivity contribution in [3.8, 4) is 11.5 Å². The lowest BCUT2D eigenvalue weighted by atomic mass is 9.38. The van der Waals surface area contributed by atoms with E-state index in [0.29, 0.717) is 38.0 Å². The highest BCUT2D eigenvalue weighted by Crippen LogP contribution is 2.69. The Hall–Kier alpha value is -1.66. The molecule has 0 saturated heterocycles. The van der Waals surface area contributed by atoms with E-state index in [-0.39, 0.29) is 35.9 Å². The molecular weight excluding hydrogens is 484 g/mol. The van der Waals surface area contributed by atoms with Crippen LogP contribution in [0.2, 0.25) is 20.1 Å². The first kappa shape index (κ1) is 22.5. The molecule has 0 spiro atoms. The molecule has 0 atom stereocenters. The van der Waals surface area contributed by atoms with Crippen LogP contribution in [0.4, 0.5) is 0 Å². The zero-order valence-corrected chi connectivity index (χ0v) is 19.4. The Morgan fingerprint density at radius 1 is 0.806 bits per heavy atom. The second-order valence-corrected chi connectivity index (χ2v) is 9.93. The quantitative estimate of drug-likeness (QED) is 0.473. The summed E-state index contributed by atoms with van der Waals surface area (Å²) in [6.45, 7) is -0.125. The summed E-state index contributed by atoms with van der Waals surface area (Å²) in [5.41, 5.74) is -0.251. The Bertz CT molecular complexity index is 943. The molecule has 2 aromatic rings. The lowest BCUT2D eigenvalue weighted by molar-refractivity contribution is -0.173. The number of ketones is 1. The van der Waals surface area contributed by atoms with Gasteiger partial charge in [0.15, 0.2) is 12.4 Å². The second kappa shape index (κ2) is 8.70. The molecule has 1 N–H and O–H groups in total. The summed E-state index contributed by atoms with van der Waals surface area (Å²) < 4.78 is 11.0. The summed E-state index contributed by atoms with van der Waals surface area (Å²) in [7, 11) is 0. The number of Topliss-reactive ketones (excluding diaryl/α,β-unsaturated/α-hetero) is 1. The Kier molecular flexibility index (Phi) is 6.32. The van der Waals surface area contributed by atoms with Gasteiger partial charge >= 0.3 is 0 Å². The van der Waals surface area contributed by atoms with Gasteiger partial charge in [0.25, 0.3) is 5.91 Å². The van der Waals surface area contributed by atoms with Crippen molar-refractivity contribution in [1.82, 2.24) is 5.32 Å². The van der Waals surface area contributed by atoms with Crippen molar-refractivity contribution in [2.75, 3.05) is 13.2 Å². The van der Waals surface area contributed by atoms with Gasteiger partial charge in [-0.1, -0.05) is 46.4 Å². The summed E-state index contributed by atoms with van der Waals surface area (Å²) in [6.07, 6.45) is 2.80. The zero-order chi connectivity index (χ0) is 22.2. The number of hydrogen-bond donors (Lipinski definition) is 1. The van der Waals surface area contributed by atoms with E-state index < -0.39 is 0 Å². The first-order valence-corrected chi connectivity index (χ1v) is 11.2. The van der Waals surface area contributed by atoms with Gasteiger partial charge in [-0.15, -0.1) is 0 Å². The van der Waals surface area contributed by atoms with Gasteiger partial charge in [0.1, 0.15) is 18.1 Å². The fourth-order valence-corrected chi connectivity index (χ4v) is 5.14. The van der Waals surface area contributed by atoms with Crippen LogP contribution in [0, 0.1) is 5.41 Å². The topological polar surface area (TPSA) is 64.6 Å². The van der Waals surface area contributed by atoms with Crippen LogP contribution >= 0.6 is 46.4 Å². The van der Waals surface area contributed by atoms with Crippen molar-refractivity contribution < 1.29 is 19.1 Å². The summed E-state index contributed by atoms with van der Waals surface area (Å²) in [4.78, 5) is 24.6. The molecule has 3 fully saturated rings. The predicted octanol–water partition coefficient (Wildman–Crippen LogP) is 5.76. The van der Waals surface area contributed by atoms with Crippen molar-refractivity contribution in [1.29, 1.82) is 0 Å². The molecule has 9 heteroatoms. The minimum Gasteiger partial charge on any atom is -0.486 e. The van der Waals surface area contributed by atoms with Gasteiger partial charge in [-0.2, -0.15) is 0 Å². The maximum atomic E-state index is 12.3. The van der Waals surface area contributed by atoms with Gasteiger partial charge in [0.2, 0.25) is 0 Å². The molecule has 0 heterocycles. The van der Waals surface area contributed by atoms with Crippen LogP contribution in [0.1, 0.15) is 25.7 Å². The molecule has 5 nitrogen and oxygen atoms in total. The average Bonchev–Trinajstić information content (AvgIpc) is 2.67. The highest BCUT2D eigenvalue weighted by molar-refractivity contribution is 6.42. The van der Waals surface area contributed by atoms with Crippen LogP contribution < -0.4 is 14.8 Å². The van der Waals surface area contributed by atoms with E-state index in [1.807, 2.05) is 0 Å². The fraction of sp³-hybridized carbons (Fsp3) is 0.364. The lowest BCUT2D eigenvalue weighted by Gasteiger charge is -2.70. The van der Waals surface area contributed by atoms with Crippen molar-refractivity contribution in [2.45, 2.75) is 31.2 Å². The number of hydrogen-bond acceptors (Lipinski definition) is 4. The highest BCUT2D eigenvalue weighted by atomic mass is 35.5. The Labute approximate surface area is 199 Å². The lowest BCUT2D eigenvalue weighted by Crippen LogP contribution is -2.75. The Morgan fingerprint density at radius 2 is 1.32 bits per heavy atom. The maximum absolute atomic E-state index is 12.3. The Balaban J connectivity index is 1.17. The van der Waals surface area contributed by atoms with Crippen molar-refractivity contribution in [2.24, 2.45) is 5.41 Å². The molecule has 1 amide bonds. The van der Waals surface area contributed by atoms with Crippen LogP contribution in [0.25, 0.3) is 0 Å². The average molecular weight is 503 g/mol. The molecule has 2 bridgehead atoms. The van der Waals surface area contributed by atoms with Crippen LogP contribution in [0.15, 0.2) is 36.4 Å². The number of carbonyl (C=O) groups excluding carboxylic acids is 2. The minimum atomic E-state index is -0.219. The smallest absolute Gasteiger partial charge is 0.258 e. The van der Waals surface area contributed by atoms with Crippen molar-refractivity contribution in [3.63, 3.8) is 0 Å². The van der Waals surface area contributed by atoms with Gasteiger partial charge < -0.3 is 14.8 Å². The predicted molar refractivity (Wildman–Crippen MR) is 121 cm³/mol. The third kappa shape index (κ3) is 5.06.